The van der Waals surface area contributed by atoms with Crippen LogP contribution in [0.2, 0.25) is 0 Å². The topological polar surface area (TPSA) is 29.3 Å². The van der Waals surface area contributed by atoms with Gasteiger partial charge in [-0.2, -0.15) is 0 Å². The van der Waals surface area contributed by atoms with Crippen molar-refractivity contribution in [3.63, 3.8) is 0 Å². The van der Waals surface area contributed by atoms with Crippen molar-refractivity contribution in [2.24, 2.45) is 5.41 Å². The fourth-order valence-electron chi connectivity index (χ4n) is 3.11. The summed E-state index contributed by atoms with van der Waals surface area (Å²) >= 11 is 0. The van der Waals surface area contributed by atoms with Gasteiger partial charge in [0.1, 0.15) is 0 Å². The fraction of sp³-hybridized carbons (Fsp3) is 0.625. The Morgan fingerprint density at radius 3 is 2.33 bits per heavy atom. The van der Waals surface area contributed by atoms with Crippen LogP contribution < -0.4 is 10.6 Å². The van der Waals surface area contributed by atoms with Crippen LogP contribution >= 0.6 is 0 Å². The summed E-state index contributed by atoms with van der Waals surface area (Å²) in [5.41, 5.74) is 10.1. The molecule has 2 N–H and O–H groups in total. The van der Waals surface area contributed by atoms with Crippen molar-refractivity contribution in [2.45, 2.75) is 46.5 Å². The molecule has 1 fully saturated rings. The Balaban J connectivity index is 2.12. The summed E-state index contributed by atoms with van der Waals surface area (Å²) in [6, 6.07) is 6.34. The minimum absolute atomic E-state index is 0.578. The zero-order valence-electron chi connectivity index (χ0n) is 12.0. The van der Waals surface area contributed by atoms with E-state index in [1.165, 1.54) is 36.9 Å². The number of piperidine rings is 1. The number of benzene rings is 1. The molecule has 0 atom stereocenters. The second-order valence-corrected chi connectivity index (χ2v) is 5.76. The van der Waals surface area contributed by atoms with E-state index in [9.17, 15) is 0 Å². The van der Waals surface area contributed by atoms with Crippen LogP contribution in [0.15, 0.2) is 18.2 Å². The molecule has 1 aromatic rings. The summed E-state index contributed by atoms with van der Waals surface area (Å²) in [4.78, 5) is 2.46. The molecule has 0 bridgehead atoms. The Morgan fingerprint density at radius 2 is 1.78 bits per heavy atom. The largest absolute Gasteiger partial charge is 0.397 e. The third kappa shape index (κ3) is 2.47. The van der Waals surface area contributed by atoms with Crippen LogP contribution in [-0.2, 0) is 0 Å². The van der Waals surface area contributed by atoms with Crippen molar-refractivity contribution in [1.29, 1.82) is 0 Å². The lowest BCUT2D eigenvalue weighted by atomic mass is 9.74. The van der Waals surface area contributed by atoms with E-state index in [4.69, 9.17) is 5.73 Å². The van der Waals surface area contributed by atoms with E-state index in [1.807, 2.05) is 6.07 Å². The molecular formula is C16H26N2. The van der Waals surface area contributed by atoms with Gasteiger partial charge in [0.2, 0.25) is 0 Å². The van der Waals surface area contributed by atoms with Gasteiger partial charge in [0.25, 0.3) is 0 Å². The van der Waals surface area contributed by atoms with Crippen LogP contribution in [0.25, 0.3) is 0 Å². The quantitative estimate of drug-likeness (QED) is 0.817. The van der Waals surface area contributed by atoms with Crippen LogP contribution in [0.4, 0.5) is 11.4 Å². The zero-order chi connectivity index (χ0) is 13.2. The number of nitrogen functional groups attached to an aromatic ring is 1. The van der Waals surface area contributed by atoms with Gasteiger partial charge in [-0.1, -0.05) is 32.8 Å². The molecule has 18 heavy (non-hydrogen) atoms. The van der Waals surface area contributed by atoms with E-state index in [2.05, 4.69) is 37.8 Å². The smallest absolute Gasteiger partial charge is 0.0602 e. The van der Waals surface area contributed by atoms with Crippen molar-refractivity contribution in [1.82, 2.24) is 0 Å². The van der Waals surface area contributed by atoms with Crippen LogP contribution in [-0.4, -0.2) is 13.1 Å². The minimum Gasteiger partial charge on any atom is -0.397 e. The average Bonchev–Trinajstić information content (AvgIpc) is 2.42. The van der Waals surface area contributed by atoms with Gasteiger partial charge < -0.3 is 10.6 Å². The van der Waals surface area contributed by atoms with E-state index in [-0.39, 0.29) is 0 Å². The van der Waals surface area contributed by atoms with E-state index in [0.29, 0.717) is 5.41 Å². The normalized spacial score (nSPS) is 18.9. The Bertz CT molecular complexity index is 398. The molecule has 1 aliphatic rings. The molecule has 2 nitrogen and oxygen atoms in total. The van der Waals surface area contributed by atoms with Crippen LogP contribution in [0.3, 0.4) is 0 Å². The van der Waals surface area contributed by atoms with Crippen LogP contribution in [0.5, 0.6) is 0 Å². The summed E-state index contributed by atoms with van der Waals surface area (Å²) in [6.07, 6.45) is 5.21. The zero-order valence-corrected chi connectivity index (χ0v) is 12.0. The minimum atomic E-state index is 0.578. The maximum Gasteiger partial charge on any atom is 0.0602 e. The number of hydrogen-bond donors (Lipinski definition) is 1. The number of anilines is 2. The Morgan fingerprint density at radius 1 is 1.17 bits per heavy atom. The first-order chi connectivity index (χ1) is 8.60. The van der Waals surface area contributed by atoms with E-state index in [0.717, 1.165) is 18.8 Å². The molecule has 0 radical (unpaired) electrons. The average molecular weight is 246 g/mol. The number of nitrogens with zero attached hydrogens (tertiary/aromatic N) is 1. The number of hydrogen-bond acceptors (Lipinski definition) is 2. The standard InChI is InChI=1S/C16H26N2/c1-4-16(5-2)8-10-18(11-9-16)15-12-13(3)6-7-14(15)17/h6-7,12H,4-5,8-11,17H2,1-3H3. The molecule has 2 heteroatoms. The highest BCUT2D eigenvalue weighted by molar-refractivity contribution is 5.68. The summed E-state index contributed by atoms with van der Waals surface area (Å²) in [5.74, 6) is 0. The molecule has 0 unspecified atom stereocenters. The molecule has 1 saturated heterocycles. The lowest BCUT2D eigenvalue weighted by Crippen LogP contribution is -2.39. The first kappa shape index (κ1) is 13.3. The third-order valence-corrected chi connectivity index (χ3v) is 4.85. The maximum atomic E-state index is 6.11. The van der Waals surface area contributed by atoms with Crippen molar-refractivity contribution in [2.75, 3.05) is 23.7 Å². The van der Waals surface area contributed by atoms with Gasteiger partial charge in [-0.05, 0) is 42.9 Å². The highest BCUT2D eigenvalue weighted by Crippen LogP contribution is 2.40. The number of aryl methyl sites for hydroxylation is 1. The van der Waals surface area contributed by atoms with Gasteiger partial charge in [-0.15, -0.1) is 0 Å². The van der Waals surface area contributed by atoms with Gasteiger partial charge in [-0.25, -0.2) is 0 Å². The fourth-order valence-corrected chi connectivity index (χ4v) is 3.11. The molecule has 1 heterocycles. The van der Waals surface area contributed by atoms with Gasteiger partial charge >= 0.3 is 0 Å². The summed E-state index contributed by atoms with van der Waals surface area (Å²) in [6.45, 7) is 9.10. The first-order valence-electron chi connectivity index (χ1n) is 7.21. The van der Waals surface area contributed by atoms with Gasteiger partial charge in [-0.3, -0.25) is 0 Å². The number of rotatable bonds is 3. The van der Waals surface area contributed by atoms with E-state index < -0.39 is 0 Å². The van der Waals surface area contributed by atoms with Crippen molar-refractivity contribution in [3.05, 3.63) is 23.8 Å². The molecule has 0 aromatic heterocycles. The highest BCUT2D eigenvalue weighted by atomic mass is 15.1. The Kier molecular flexibility index (Phi) is 3.84. The molecule has 0 aliphatic carbocycles. The Labute approximate surface area is 111 Å². The molecule has 0 saturated carbocycles. The molecule has 2 rings (SSSR count). The maximum absolute atomic E-state index is 6.11. The molecule has 100 valence electrons. The number of nitrogens with two attached hydrogens (primary N) is 1. The van der Waals surface area contributed by atoms with Crippen molar-refractivity contribution in [3.8, 4) is 0 Å². The van der Waals surface area contributed by atoms with Crippen LogP contribution in [0.1, 0.15) is 45.1 Å². The predicted octanol–water partition coefficient (Wildman–Crippen LogP) is 3.98. The first-order valence-corrected chi connectivity index (χ1v) is 7.21. The van der Waals surface area contributed by atoms with E-state index in [1.54, 1.807) is 0 Å². The van der Waals surface area contributed by atoms with E-state index >= 15 is 0 Å². The third-order valence-electron chi connectivity index (χ3n) is 4.85. The molecule has 0 amide bonds. The summed E-state index contributed by atoms with van der Waals surface area (Å²) in [5, 5.41) is 0. The van der Waals surface area contributed by atoms with Crippen LogP contribution in [0, 0.1) is 12.3 Å². The lowest BCUT2D eigenvalue weighted by molar-refractivity contribution is 0.199. The lowest BCUT2D eigenvalue weighted by Gasteiger charge is -2.42. The molecule has 1 aliphatic heterocycles. The SMILES string of the molecule is CCC1(CC)CCN(c2cc(C)ccc2N)CC1. The second kappa shape index (κ2) is 5.21. The Hall–Kier alpha value is -1.18. The monoisotopic (exact) mass is 246 g/mol. The predicted molar refractivity (Wildman–Crippen MR) is 80.1 cm³/mol. The van der Waals surface area contributed by atoms with Gasteiger partial charge in [0, 0.05) is 13.1 Å². The van der Waals surface area contributed by atoms with Gasteiger partial charge in [0.05, 0.1) is 11.4 Å². The van der Waals surface area contributed by atoms with Crippen molar-refractivity contribution < 1.29 is 0 Å². The second-order valence-electron chi connectivity index (χ2n) is 5.76. The molecule has 0 spiro atoms. The van der Waals surface area contributed by atoms with Gasteiger partial charge in [0.15, 0.2) is 0 Å². The van der Waals surface area contributed by atoms with Crippen molar-refractivity contribution >= 4 is 11.4 Å². The highest BCUT2D eigenvalue weighted by Gasteiger charge is 2.31. The summed E-state index contributed by atoms with van der Waals surface area (Å²) in [7, 11) is 0. The molecular weight excluding hydrogens is 220 g/mol. The summed E-state index contributed by atoms with van der Waals surface area (Å²) < 4.78 is 0. The molecule has 1 aromatic carbocycles.